The van der Waals surface area contributed by atoms with Gasteiger partial charge in [-0.1, -0.05) is 74.8 Å². The highest BCUT2D eigenvalue weighted by atomic mass is 16.5. The molecule has 2 aromatic carbocycles. The van der Waals surface area contributed by atoms with Gasteiger partial charge in [-0.2, -0.15) is 0 Å². The summed E-state index contributed by atoms with van der Waals surface area (Å²) >= 11 is 0. The molecule has 1 heteroatoms. The second-order valence-corrected chi connectivity index (χ2v) is 10.9. The van der Waals surface area contributed by atoms with Gasteiger partial charge < -0.3 is 4.74 Å². The van der Waals surface area contributed by atoms with Gasteiger partial charge in [0.05, 0.1) is 0 Å². The molecule has 0 spiro atoms. The molecule has 2 aliphatic rings. The summed E-state index contributed by atoms with van der Waals surface area (Å²) in [6, 6.07) is 13.5. The predicted molar refractivity (Wildman–Crippen MR) is 148 cm³/mol. The molecular weight excluding hydrogens is 412 g/mol. The van der Waals surface area contributed by atoms with Gasteiger partial charge in [0.15, 0.2) is 0 Å². The minimum atomic E-state index is 0.639. The van der Waals surface area contributed by atoms with Crippen molar-refractivity contribution in [1.29, 1.82) is 0 Å². The molecule has 0 unspecified atom stereocenters. The number of benzene rings is 2. The molecule has 2 saturated carbocycles. The Morgan fingerprint density at radius 2 is 1.53 bits per heavy atom. The highest BCUT2D eigenvalue weighted by Gasteiger charge is 2.30. The Morgan fingerprint density at radius 1 is 0.824 bits per heavy atom. The van der Waals surface area contributed by atoms with Gasteiger partial charge in [-0.25, -0.2) is 0 Å². The minimum Gasteiger partial charge on any atom is -0.490 e. The third kappa shape index (κ3) is 7.24. The molecule has 0 N–H and O–H groups in total. The third-order valence-corrected chi connectivity index (χ3v) is 8.54. The Hall–Kier alpha value is -2.02. The summed E-state index contributed by atoms with van der Waals surface area (Å²) < 4.78 is 5.80. The van der Waals surface area contributed by atoms with Crippen molar-refractivity contribution in [3.05, 3.63) is 66.3 Å². The van der Waals surface area contributed by atoms with Gasteiger partial charge in [-0.05, 0) is 117 Å². The van der Waals surface area contributed by atoms with Crippen LogP contribution in [0, 0.1) is 23.7 Å². The average molecular weight is 459 g/mol. The van der Waals surface area contributed by atoms with Crippen LogP contribution in [0.3, 0.4) is 0 Å². The minimum absolute atomic E-state index is 0.639. The van der Waals surface area contributed by atoms with Crippen LogP contribution in [-0.4, -0.2) is 6.61 Å². The molecule has 0 radical (unpaired) electrons. The molecule has 34 heavy (non-hydrogen) atoms. The molecule has 0 bridgehead atoms. The van der Waals surface area contributed by atoms with Crippen molar-refractivity contribution >= 4 is 10.8 Å². The summed E-state index contributed by atoms with van der Waals surface area (Å²) in [6.45, 7) is 4.94. The number of ether oxygens (including phenoxy) is 1. The van der Waals surface area contributed by atoms with Crippen molar-refractivity contribution in [2.75, 3.05) is 6.61 Å². The van der Waals surface area contributed by atoms with E-state index < -0.39 is 0 Å². The summed E-state index contributed by atoms with van der Waals surface area (Å²) in [5.74, 6) is 4.79. The fourth-order valence-electron chi connectivity index (χ4n) is 6.34. The molecule has 0 saturated heterocycles. The molecule has 4 rings (SSSR count). The van der Waals surface area contributed by atoms with Gasteiger partial charge in [-0.3, -0.25) is 0 Å². The van der Waals surface area contributed by atoms with Crippen LogP contribution in [0.15, 0.2) is 60.7 Å². The summed E-state index contributed by atoms with van der Waals surface area (Å²) in [5.41, 5.74) is 1.49. The summed E-state index contributed by atoms with van der Waals surface area (Å²) in [6.07, 6.45) is 25.9. The largest absolute Gasteiger partial charge is 0.490 e. The zero-order valence-corrected chi connectivity index (χ0v) is 21.7. The molecule has 2 fully saturated rings. The molecule has 0 atom stereocenters. The standard InChI is InChI=1S/C33H46O/c1-3-5-7-8-26-11-16-29(17-12-26)30-18-13-27(14-19-30)9-10-28-15-20-32-25-33(34-23-6-4-2)22-21-31(32)24-28/h4,6-8,15,20-22,24-27,29-30H,3,5,9-14,16-19,23H2,1-2H3/b6-4?,8-7+. The lowest BCUT2D eigenvalue weighted by Gasteiger charge is -2.37. The second kappa shape index (κ2) is 13.2. The summed E-state index contributed by atoms with van der Waals surface area (Å²) in [4.78, 5) is 0. The van der Waals surface area contributed by atoms with Crippen molar-refractivity contribution in [2.45, 2.75) is 90.9 Å². The fraction of sp³-hybridized carbons (Fsp3) is 0.576. The Bertz CT molecular complexity index is 923. The normalized spacial score (nSPS) is 25.9. The van der Waals surface area contributed by atoms with Gasteiger partial charge in [0.1, 0.15) is 12.4 Å². The van der Waals surface area contributed by atoms with Crippen molar-refractivity contribution in [1.82, 2.24) is 0 Å². The van der Waals surface area contributed by atoms with Gasteiger partial charge in [0, 0.05) is 0 Å². The Kier molecular flexibility index (Phi) is 9.72. The Balaban J connectivity index is 1.19. The summed E-state index contributed by atoms with van der Waals surface area (Å²) in [5, 5.41) is 2.61. The van der Waals surface area contributed by atoms with Gasteiger partial charge in [0.25, 0.3) is 0 Å². The lowest BCUT2D eigenvalue weighted by atomic mass is 9.68. The molecule has 1 nitrogen and oxygen atoms in total. The fourth-order valence-corrected chi connectivity index (χ4v) is 6.34. The van der Waals surface area contributed by atoms with Crippen LogP contribution in [0.4, 0.5) is 0 Å². The van der Waals surface area contributed by atoms with E-state index >= 15 is 0 Å². The number of hydrogen-bond acceptors (Lipinski definition) is 1. The lowest BCUT2D eigenvalue weighted by Crippen LogP contribution is -2.25. The molecule has 184 valence electrons. The quantitative estimate of drug-likeness (QED) is 0.322. The number of allylic oxidation sites excluding steroid dienone is 3. The topological polar surface area (TPSA) is 9.23 Å². The van der Waals surface area contributed by atoms with Crippen LogP contribution < -0.4 is 4.74 Å². The third-order valence-electron chi connectivity index (χ3n) is 8.54. The second-order valence-electron chi connectivity index (χ2n) is 10.9. The molecule has 0 aliphatic heterocycles. The predicted octanol–water partition coefficient (Wildman–Crippen LogP) is 9.70. The van der Waals surface area contributed by atoms with Crippen LogP contribution in [-0.2, 0) is 6.42 Å². The van der Waals surface area contributed by atoms with E-state index in [0.717, 1.165) is 29.4 Å². The highest BCUT2D eigenvalue weighted by molar-refractivity contribution is 5.84. The van der Waals surface area contributed by atoms with Crippen LogP contribution in [0.2, 0.25) is 0 Å². The molecule has 0 aromatic heterocycles. The van der Waals surface area contributed by atoms with E-state index in [-0.39, 0.29) is 0 Å². The zero-order valence-electron chi connectivity index (χ0n) is 21.7. The van der Waals surface area contributed by atoms with E-state index in [0.29, 0.717) is 6.61 Å². The molecule has 2 aromatic rings. The lowest BCUT2D eigenvalue weighted by molar-refractivity contribution is 0.152. The first-order valence-electron chi connectivity index (χ1n) is 14.2. The van der Waals surface area contributed by atoms with E-state index in [1.54, 1.807) is 0 Å². The number of hydrogen-bond donors (Lipinski definition) is 0. The SMILES string of the molecule is CC=CCOc1ccc2cc(CCC3CCC(C4CCC(/C=C/CCC)CC4)CC3)ccc2c1. The van der Waals surface area contributed by atoms with E-state index in [2.05, 4.69) is 55.5 Å². The van der Waals surface area contributed by atoms with Crippen molar-refractivity contribution in [3.63, 3.8) is 0 Å². The van der Waals surface area contributed by atoms with E-state index in [4.69, 9.17) is 4.74 Å². The van der Waals surface area contributed by atoms with Crippen LogP contribution in [0.5, 0.6) is 5.75 Å². The molecular formula is C33H46O. The van der Waals surface area contributed by atoms with Crippen LogP contribution in [0.25, 0.3) is 10.8 Å². The number of unbranched alkanes of at least 4 members (excludes halogenated alkanes) is 1. The molecule has 2 aliphatic carbocycles. The van der Waals surface area contributed by atoms with Crippen molar-refractivity contribution in [2.24, 2.45) is 23.7 Å². The zero-order chi connectivity index (χ0) is 23.6. The number of aryl methyl sites for hydroxylation is 1. The van der Waals surface area contributed by atoms with Gasteiger partial charge in [-0.15, -0.1) is 0 Å². The average Bonchev–Trinajstić information content (AvgIpc) is 2.88. The van der Waals surface area contributed by atoms with Crippen molar-refractivity contribution in [3.8, 4) is 5.75 Å². The number of rotatable bonds is 10. The smallest absolute Gasteiger partial charge is 0.120 e. The first kappa shape index (κ1) is 25.1. The Labute approximate surface area is 208 Å². The van der Waals surface area contributed by atoms with Gasteiger partial charge in [0.2, 0.25) is 0 Å². The van der Waals surface area contributed by atoms with Crippen LogP contribution >= 0.6 is 0 Å². The van der Waals surface area contributed by atoms with Gasteiger partial charge >= 0.3 is 0 Å². The monoisotopic (exact) mass is 458 g/mol. The summed E-state index contributed by atoms with van der Waals surface area (Å²) in [7, 11) is 0. The highest BCUT2D eigenvalue weighted by Crippen LogP contribution is 2.42. The maximum atomic E-state index is 5.80. The van der Waals surface area contributed by atoms with E-state index in [1.165, 1.54) is 93.4 Å². The molecule has 0 heterocycles. The first-order valence-corrected chi connectivity index (χ1v) is 14.2. The van der Waals surface area contributed by atoms with E-state index in [1.807, 2.05) is 19.1 Å². The van der Waals surface area contributed by atoms with Crippen molar-refractivity contribution < 1.29 is 4.74 Å². The first-order chi connectivity index (χ1) is 16.7. The number of fused-ring (bicyclic) bond motifs is 1. The Morgan fingerprint density at radius 3 is 2.26 bits per heavy atom. The molecule has 0 amide bonds. The van der Waals surface area contributed by atoms with Crippen LogP contribution in [0.1, 0.15) is 90.0 Å². The maximum Gasteiger partial charge on any atom is 0.120 e. The maximum absolute atomic E-state index is 5.80. The van der Waals surface area contributed by atoms with E-state index in [9.17, 15) is 0 Å².